The van der Waals surface area contributed by atoms with Crippen LogP contribution in [0.4, 0.5) is 4.39 Å². The first kappa shape index (κ1) is 19.4. The summed E-state index contributed by atoms with van der Waals surface area (Å²) in [5.74, 6) is 0.421. The Balaban J connectivity index is 1.92. The Hall–Kier alpha value is -0.890. The predicted molar refractivity (Wildman–Crippen MR) is 102 cm³/mol. The molecule has 1 aromatic rings. The first-order chi connectivity index (χ1) is 11.7. The van der Waals surface area contributed by atoms with Crippen molar-refractivity contribution in [2.45, 2.75) is 96.1 Å². The van der Waals surface area contributed by atoms with Crippen LogP contribution in [0.15, 0.2) is 24.3 Å². The molecule has 0 amide bonds. The van der Waals surface area contributed by atoms with Crippen molar-refractivity contribution < 1.29 is 4.39 Å². The highest BCUT2D eigenvalue weighted by atomic mass is 19.1. The summed E-state index contributed by atoms with van der Waals surface area (Å²) in [5.41, 5.74) is 1.32. The Kier molecular flexibility index (Phi) is 8.24. The molecule has 0 radical (unpaired) electrons. The van der Waals surface area contributed by atoms with E-state index in [4.69, 9.17) is 0 Å². The molecule has 1 aromatic carbocycles. The Morgan fingerprint density at radius 3 is 2.38 bits per heavy atom. The van der Waals surface area contributed by atoms with Gasteiger partial charge in [-0.1, -0.05) is 64.5 Å². The molecule has 2 heteroatoms. The van der Waals surface area contributed by atoms with Crippen molar-refractivity contribution in [2.75, 3.05) is 7.05 Å². The van der Waals surface area contributed by atoms with Crippen LogP contribution in [0.1, 0.15) is 89.5 Å². The van der Waals surface area contributed by atoms with E-state index in [1.54, 1.807) is 12.1 Å². The summed E-state index contributed by atoms with van der Waals surface area (Å²) in [7, 11) is 2.32. The third-order valence-corrected chi connectivity index (χ3v) is 5.90. The molecule has 0 spiro atoms. The Bertz CT molecular complexity index is 456. The molecule has 1 fully saturated rings. The number of rotatable bonds is 10. The third-order valence-electron chi connectivity index (χ3n) is 5.90. The lowest BCUT2D eigenvalue weighted by Gasteiger charge is -2.32. The fraction of sp³-hybridized carbons (Fsp3) is 0.727. The predicted octanol–water partition coefficient (Wildman–Crippen LogP) is 6.53. The Morgan fingerprint density at radius 2 is 1.71 bits per heavy atom. The molecule has 0 aromatic heterocycles. The molecule has 1 nitrogen and oxygen atoms in total. The molecule has 0 bridgehead atoms. The van der Waals surface area contributed by atoms with Crippen LogP contribution in [0, 0.1) is 5.82 Å². The molecule has 1 saturated heterocycles. The first-order valence-corrected chi connectivity index (χ1v) is 10.1. The second-order valence-corrected chi connectivity index (χ2v) is 7.61. The second kappa shape index (κ2) is 10.2. The molecule has 0 unspecified atom stereocenters. The van der Waals surface area contributed by atoms with Gasteiger partial charge in [-0.05, 0) is 56.3 Å². The Morgan fingerprint density at radius 1 is 1.00 bits per heavy atom. The fourth-order valence-electron chi connectivity index (χ4n) is 4.46. The van der Waals surface area contributed by atoms with Gasteiger partial charge in [-0.2, -0.15) is 0 Å². The van der Waals surface area contributed by atoms with Gasteiger partial charge in [-0.25, -0.2) is 4.39 Å². The maximum atomic E-state index is 13.3. The van der Waals surface area contributed by atoms with E-state index >= 15 is 0 Å². The third kappa shape index (κ3) is 5.31. The van der Waals surface area contributed by atoms with Crippen LogP contribution in [0.2, 0.25) is 0 Å². The van der Waals surface area contributed by atoms with E-state index < -0.39 is 0 Å². The van der Waals surface area contributed by atoms with Gasteiger partial charge in [0.2, 0.25) is 0 Å². The van der Waals surface area contributed by atoms with E-state index in [2.05, 4.69) is 25.8 Å². The summed E-state index contributed by atoms with van der Waals surface area (Å²) in [6, 6.07) is 8.62. The van der Waals surface area contributed by atoms with Crippen LogP contribution in [-0.4, -0.2) is 24.0 Å². The second-order valence-electron chi connectivity index (χ2n) is 7.61. The maximum Gasteiger partial charge on any atom is 0.123 e. The lowest BCUT2D eigenvalue weighted by atomic mass is 9.86. The van der Waals surface area contributed by atoms with Gasteiger partial charge in [-0.3, -0.25) is 4.90 Å². The molecule has 24 heavy (non-hydrogen) atoms. The lowest BCUT2D eigenvalue weighted by molar-refractivity contribution is 0.198. The van der Waals surface area contributed by atoms with Crippen LogP contribution >= 0.6 is 0 Å². The van der Waals surface area contributed by atoms with Gasteiger partial charge in [-0.15, -0.1) is 0 Å². The van der Waals surface area contributed by atoms with Crippen molar-refractivity contribution in [1.29, 1.82) is 0 Å². The summed E-state index contributed by atoms with van der Waals surface area (Å²) in [6.07, 6.45) is 13.2. The van der Waals surface area contributed by atoms with E-state index in [9.17, 15) is 4.39 Å². The highest BCUT2D eigenvalue weighted by Crippen LogP contribution is 2.37. The van der Waals surface area contributed by atoms with Crippen LogP contribution in [0.3, 0.4) is 0 Å². The molecule has 0 N–H and O–H groups in total. The number of hydrogen-bond acceptors (Lipinski definition) is 1. The molecule has 0 aliphatic carbocycles. The highest BCUT2D eigenvalue weighted by molar-refractivity contribution is 5.23. The first-order valence-electron chi connectivity index (χ1n) is 10.1. The fourth-order valence-corrected chi connectivity index (χ4v) is 4.46. The van der Waals surface area contributed by atoms with Crippen molar-refractivity contribution >= 4 is 0 Å². The van der Waals surface area contributed by atoms with Gasteiger partial charge < -0.3 is 0 Å². The lowest BCUT2D eigenvalue weighted by Crippen LogP contribution is -2.36. The zero-order valence-corrected chi connectivity index (χ0v) is 15.9. The average molecular weight is 334 g/mol. The number of hydrogen-bond donors (Lipinski definition) is 0. The Labute approximate surface area is 148 Å². The SMILES string of the molecule is CCCCCCC[C@H]1CC[C@H]([C@H](CCC)c2ccc(F)cc2)N1C. The largest absolute Gasteiger partial charge is 0.300 e. The molecule has 2 rings (SSSR count). The smallest absolute Gasteiger partial charge is 0.123 e. The zero-order chi connectivity index (χ0) is 17.4. The van der Waals surface area contributed by atoms with Crippen molar-refractivity contribution in [3.63, 3.8) is 0 Å². The standard InChI is InChI=1S/C22H36FN/c1-4-6-7-8-9-11-20-16-17-22(24(20)3)21(10-5-2)18-12-14-19(23)15-13-18/h12-15,20-22H,4-11,16-17H2,1-3H3/t20-,21+,22+/m0/s1. The van der Waals surface area contributed by atoms with Crippen molar-refractivity contribution in [2.24, 2.45) is 0 Å². The monoisotopic (exact) mass is 333 g/mol. The van der Waals surface area contributed by atoms with E-state index in [1.165, 1.54) is 69.8 Å². The summed E-state index contributed by atoms with van der Waals surface area (Å²) >= 11 is 0. The van der Waals surface area contributed by atoms with Crippen LogP contribution < -0.4 is 0 Å². The number of halogens is 1. The minimum Gasteiger partial charge on any atom is -0.300 e. The summed E-state index contributed by atoms with van der Waals surface area (Å²) in [6.45, 7) is 4.54. The van der Waals surface area contributed by atoms with Gasteiger partial charge in [0.1, 0.15) is 5.82 Å². The van der Waals surface area contributed by atoms with Gasteiger partial charge in [0.05, 0.1) is 0 Å². The van der Waals surface area contributed by atoms with Crippen LogP contribution in [0.25, 0.3) is 0 Å². The molecule has 136 valence electrons. The number of unbranched alkanes of at least 4 members (excludes halogenated alkanes) is 4. The van der Waals surface area contributed by atoms with Crippen LogP contribution in [-0.2, 0) is 0 Å². The van der Waals surface area contributed by atoms with Crippen LogP contribution in [0.5, 0.6) is 0 Å². The van der Waals surface area contributed by atoms with Crippen molar-refractivity contribution in [3.8, 4) is 0 Å². The topological polar surface area (TPSA) is 3.24 Å². The zero-order valence-electron chi connectivity index (χ0n) is 15.9. The molecule has 0 saturated carbocycles. The summed E-state index contributed by atoms with van der Waals surface area (Å²) < 4.78 is 13.3. The summed E-state index contributed by atoms with van der Waals surface area (Å²) in [5, 5.41) is 0. The van der Waals surface area contributed by atoms with Gasteiger partial charge >= 0.3 is 0 Å². The van der Waals surface area contributed by atoms with E-state index in [0.717, 1.165) is 6.04 Å². The van der Waals surface area contributed by atoms with Gasteiger partial charge in [0, 0.05) is 12.1 Å². The molecule has 3 atom stereocenters. The van der Waals surface area contributed by atoms with E-state index in [-0.39, 0.29) is 5.82 Å². The minimum atomic E-state index is -0.126. The van der Waals surface area contributed by atoms with Crippen molar-refractivity contribution in [1.82, 2.24) is 4.90 Å². The minimum absolute atomic E-state index is 0.126. The maximum absolute atomic E-state index is 13.3. The average Bonchev–Trinajstić information content (AvgIpc) is 2.94. The van der Waals surface area contributed by atoms with Gasteiger partial charge in [0.15, 0.2) is 0 Å². The van der Waals surface area contributed by atoms with Gasteiger partial charge in [0.25, 0.3) is 0 Å². The number of benzene rings is 1. The number of likely N-dealkylation sites (N-methyl/N-ethyl adjacent to an activating group) is 1. The molecular weight excluding hydrogens is 297 g/mol. The molecule has 1 aliphatic heterocycles. The molecule has 1 heterocycles. The quantitative estimate of drug-likeness (QED) is 0.440. The summed E-state index contributed by atoms with van der Waals surface area (Å²) in [4.78, 5) is 2.64. The van der Waals surface area contributed by atoms with E-state index in [1.807, 2.05) is 12.1 Å². The highest BCUT2D eigenvalue weighted by Gasteiger charge is 2.35. The molecule has 1 aliphatic rings. The normalized spacial score (nSPS) is 22.8. The number of likely N-dealkylation sites (tertiary alicyclic amines) is 1. The molecular formula is C22H36FN. The van der Waals surface area contributed by atoms with Crippen molar-refractivity contribution in [3.05, 3.63) is 35.6 Å². The number of nitrogens with zero attached hydrogens (tertiary/aromatic N) is 1. The van der Waals surface area contributed by atoms with E-state index in [0.29, 0.717) is 12.0 Å².